The molecule has 0 radical (unpaired) electrons. The lowest BCUT2D eigenvalue weighted by molar-refractivity contribution is -0.132. The van der Waals surface area contributed by atoms with Gasteiger partial charge in [0.1, 0.15) is 0 Å². The van der Waals surface area contributed by atoms with Crippen molar-refractivity contribution in [2.45, 2.75) is 25.9 Å². The highest BCUT2D eigenvalue weighted by molar-refractivity contribution is 5.95. The molecule has 6 nitrogen and oxygen atoms in total. The minimum Gasteiger partial charge on any atom is -0.391 e. The fourth-order valence-corrected chi connectivity index (χ4v) is 3.73. The van der Waals surface area contributed by atoms with Gasteiger partial charge in [-0.25, -0.2) is 0 Å². The molecule has 3 rings (SSSR count). The highest BCUT2D eigenvalue weighted by atomic mass is 16.3. The summed E-state index contributed by atoms with van der Waals surface area (Å²) in [5.41, 5.74) is 0.0759. The summed E-state index contributed by atoms with van der Waals surface area (Å²) in [5.74, 6) is 0.00472. The number of carbonyl (C=O) groups excluding carboxylic acids is 2. The summed E-state index contributed by atoms with van der Waals surface area (Å²) in [6.45, 7) is 4.80. The molecule has 2 amide bonds. The Balaban J connectivity index is 1.60. The molecular weight excluding hydrogens is 318 g/mol. The Morgan fingerprint density at radius 2 is 2.08 bits per heavy atom. The number of hydrogen-bond donors (Lipinski definition) is 3. The van der Waals surface area contributed by atoms with Crippen LogP contribution in [0.15, 0.2) is 30.3 Å². The lowest BCUT2D eigenvalue weighted by Gasteiger charge is -2.39. The van der Waals surface area contributed by atoms with Gasteiger partial charge in [-0.05, 0) is 31.9 Å². The molecule has 2 fully saturated rings. The van der Waals surface area contributed by atoms with Gasteiger partial charge in [-0.2, -0.15) is 0 Å². The molecule has 2 saturated heterocycles. The van der Waals surface area contributed by atoms with Crippen molar-refractivity contribution in [1.82, 2.24) is 15.5 Å². The number of aliphatic hydroxyl groups is 1. The normalized spacial score (nSPS) is 29.4. The molecule has 0 spiro atoms. The lowest BCUT2D eigenvalue weighted by atomic mass is 9.80. The molecule has 0 aromatic heterocycles. The third-order valence-corrected chi connectivity index (χ3v) is 5.38. The predicted molar refractivity (Wildman–Crippen MR) is 95.1 cm³/mol. The van der Waals surface area contributed by atoms with Crippen molar-refractivity contribution in [3.8, 4) is 0 Å². The predicted octanol–water partition coefficient (Wildman–Crippen LogP) is 0.625. The van der Waals surface area contributed by atoms with Crippen molar-refractivity contribution in [3.63, 3.8) is 0 Å². The molecule has 0 bridgehead atoms. The van der Waals surface area contributed by atoms with Crippen LogP contribution in [0.1, 0.15) is 30.1 Å². The average Bonchev–Trinajstić information content (AvgIpc) is 3.04. The topological polar surface area (TPSA) is 81.7 Å². The Morgan fingerprint density at radius 1 is 1.32 bits per heavy atom. The number of nitrogens with zero attached hydrogens (tertiary/aromatic N) is 1. The van der Waals surface area contributed by atoms with Gasteiger partial charge in [0.2, 0.25) is 5.91 Å². The maximum atomic E-state index is 12.7. The van der Waals surface area contributed by atoms with Crippen LogP contribution in [-0.4, -0.2) is 60.6 Å². The Bertz CT molecular complexity index is 622. The van der Waals surface area contributed by atoms with Gasteiger partial charge in [0.05, 0.1) is 11.5 Å². The van der Waals surface area contributed by atoms with Gasteiger partial charge in [-0.1, -0.05) is 18.2 Å². The van der Waals surface area contributed by atoms with E-state index in [1.54, 1.807) is 4.90 Å². The second-order valence-corrected chi connectivity index (χ2v) is 7.45. The summed E-state index contributed by atoms with van der Waals surface area (Å²) in [6, 6.07) is 9.20. The third kappa shape index (κ3) is 4.02. The molecule has 2 aliphatic rings. The highest BCUT2D eigenvalue weighted by Gasteiger charge is 2.40. The van der Waals surface area contributed by atoms with E-state index in [0.29, 0.717) is 31.7 Å². The van der Waals surface area contributed by atoms with Crippen LogP contribution in [-0.2, 0) is 4.79 Å². The minimum atomic E-state index is -0.584. The maximum Gasteiger partial charge on any atom is 0.253 e. The van der Waals surface area contributed by atoms with Crippen LogP contribution < -0.4 is 10.6 Å². The van der Waals surface area contributed by atoms with E-state index in [-0.39, 0.29) is 17.7 Å². The van der Waals surface area contributed by atoms with Crippen LogP contribution in [0.3, 0.4) is 0 Å². The first-order valence-electron chi connectivity index (χ1n) is 9.01. The van der Waals surface area contributed by atoms with Crippen molar-refractivity contribution < 1.29 is 14.7 Å². The minimum absolute atomic E-state index is 0.0188. The monoisotopic (exact) mass is 345 g/mol. The van der Waals surface area contributed by atoms with Gasteiger partial charge < -0.3 is 20.6 Å². The molecule has 1 aromatic rings. The number of nitrogens with one attached hydrogen (secondary N) is 2. The zero-order valence-corrected chi connectivity index (χ0v) is 14.7. The van der Waals surface area contributed by atoms with E-state index in [1.807, 2.05) is 37.3 Å². The number of piperidine rings is 1. The van der Waals surface area contributed by atoms with Gasteiger partial charge in [0.15, 0.2) is 0 Å². The first kappa shape index (κ1) is 17.9. The standard InChI is InChI=1S/C19H27N3O3/c1-19(18(25)21-11-15-10-20-12-16(15)23)8-5-9-22(13-19)17(24)14-6-3-2-4-7-14/h2-4,6-7,15-16,20,23H,5,8-13H2,1H3,(H,21,25). The Morgan fingerprint density at radius 3 is 2.76 bits per heavy atom. The largest absolute Gasteiger partial charge is 0.391 e. The van der Waals surface area contributed by atoms with Crippen molar-refractivity contribution in [2.75, 3.05) is 32.7 Å². The highest BCUT2D eigenvalue weighted by Crippen LogP contribution is 2.30. The van der Waals surface area contributed by atoms with Crippen LogP contribution in [0.5, 0.6) is 0 Å². The summed E-state index contributed by atoms with van der Waals surface area (Å²) in [5, 5.41) is 16.0. The summed E-state index contributed by atoms with van der Waals surface area (Å²) in [7, 11) is 0. The molecule has 6 heteroatoms. The number of likely N-dealkylation sites (tertiary alicyclic amines) is 1. The number of carbonyl (C=O) groups is 2. The quantitative estimate of drug-likeness (QED) is 0.747. The van der Waals surface area contributed by atoms with Crippen LogP contribution in [0.2, 0.25) is 0 Å². The molecule has 25 heavy (non-hydrogen) atoms. The third-order valence-electron chi connectivity index (χ3n) is 5.38. The van der Waals surface area contributed by atoms with Gasteiger partial charge in [0, 0.05) is 44.2 Å². The maximum absolute atomic E-state index is 12.7. The Kier molecular flexibility index (Phi) is 5.39. The molecule has 0 saturated carbocycles. The molecule has 3 N–H and O–H groups in total. The van der Waals surface area contributed by atoms with Crippen molar-refractivity contribution >= 4 is 11.8 Å². The zero-order valence-electron chi connectivity index (χ0n) is 14.7. The Labute approximate surface area is 148 Å². The number of aliphatic hydroxyl groups excluding tert-OH is 1. The van der Waals surface area contributed by atoms with Crippen molar-refractivity contribution in [1.29, 1.82) is 0 Å². The number of β-amino-alcohol motifs (C(OH)–C–C–N with tert-alkyl or cyclic N) is 1. The van der Waals surface area contributed by atoms with E-state index in [9.17, 15) is 14.7 Å². The average molecular weight is 345 g/mol. The molecular formula is C19H27N3O3. The Hall–Kier alpha value is -1.92. The van der Waals surface area contributed by atoms with Crippen LogP contribution in [0.25, 0.3) is 0 Å². The zero-order chi connectivity index (χ0) is 17.9. The molecule has 3 unspecified atom stereocenters. The van der Waals surface area contributed by atoms with Gasteiger partial charge in [-0.15, -0.1) is 0 Å². The van der Waals surface area contributed by atoms with Crippen molar-refractivity contribution in [3.05, 3.63) is 35.9 Å². The van der Waals surface area contributed by atoms with Crippen LogP contribution in [0.4, 0.5) is 0 Å². The van der Waals surface area contributed by atoms with Crippen LogP contribution >= 0.6 is 0 Å². The van der Waals surface area contributed by atoms with E-state index in [2.05, 4.69) is 10.6 Å². The lowest BCUT2D eigenvalue weighted by Crippen LogP contribution is -2.52. The summed E-state index contributed by atoms with van der Waals surface area (Å²) in [6.07, 6.45) is 1.18. The van der Waals surface area contributed by atoms with E-state index in [0.717, 1.165) is 19.4 Å². The number of rotatable bonds is 4. The van der Waals surface area contributed by atoms with Gasteiger partial charge in [0.25, 0.3) is 5.91 Å². The summed E-state index contributed by atoms with van der Waals surface area (Å²) >= 11 is 0. The molecule has 2 heterocycles. The number of hydrogen-bond acceptors (Lipinski definition) is 4. The summed E-state index contributed by atoms with van der Waals surface area (Å²) in [4.78, 5) is 27.2. The second kappa shape index (κ2) is 7.54. The molecule has 1 aromatic carbocycles. The first-order valence-corrected chi connectivity index (χ1v) is 9.01. The van der Waals surface area contributed by atoms with E-state index >= 15 is 0 Å². The fourth-order valence-electron chi connectivity index (χ4n) is 3.73. The van der Waals surface area contributed by atoms with Gasteiger partial charge >= 0.3 is 0 Å². The molecule has 2 aliphatic heterocycles. The smallest absolute Gasteiger partial charge is 0.253 e. The number of benzene rings is 1. The van der Waals surface area contributed by atoms with E-state index in [1.165, 1.54) is 0 Å². The van der Waals surface area contributed by atoms with Crippen LogP contribution in [0, 0.1) is 11.3 Å². The molecule has 136 valence electrons. The molecule has 0 aliphatic carbocycles. The number of amides is 2. The first-order chi connectivity index (χ1) is 12.0. The second-order valence-electron chi connectivity index (χ2n) is 7.45. The van der Waals surface area contributed by atoms with E-state index < -0.39 is 11.5 Å². The van der Waals surface area contributed by atoms with E-state index in [4.69, 9.17) is 0 Å². The SMILES string of the molecule is CC1(C(=O)NCC2CNCC2O)CCCN(C(=O)c2ccccc2)C1. The fraction of sp³-hybridized carbons (Fsp3) is 0.579. The molecule has 3 atom stereocenters. The van der Waals surface area contributed by atoms with Gasteiger partial charge in [-0.3, -0.25) is 9.59 Å². The summed E-state index contributed by atoms with van der Waals surface area (Å²) < 4.78 is 0. The van der Waals surface area contributed by atoms with Crippen molar-refractivity contribution in [2.24, 2.45) is 11.3 Å².